The van der Waals surface area contributed by atoms with Gasteiger partial charge in [-0.25, -0.2) is 4.79 Å². The lowest BCUT2D eigenvalue weighted by Crippen LogP contribution is -2.12. The van der Waals surface area contributed by atoms with Crippen LogP contribution in [0.2, 0.25) is 0 Å². The van der Waals surface area contributed by atoms with Gasteiger partial charge in [0.25, 0.3) is 0 Å². The number of carbonyl (C=O) groups is 1. The van der Waals surface area contributed by atoms with Crippen molar-refractivity contribution in [2.24, 2.45) is 0 Å². The highest BCUT2D eigenvalue weighted by Crippen LogP contribution is 2.39. The Morgan fingerprint density at radius 2 is 1.77 bits per heavy atom. The average molecular weight is 466 g/mol. The van der Waals surface area contributed by atoms with Crippen LogP contribution in [0.1, 0.15) is 23.0 Å². The highest BCUT2D eigenvalue weighted by atomic mass is 16.5. The Morgan fingerprint density at radius 3 is 2.49 bits per heavy atom. The summed E-state index contributed by atoms with van der Waals surface area (Å²) in [7, 11) is 0. The maximum Gasteiger partial charge on any atom is 0.340 e. The summed E-state index contributed by atoms with van der Waals surface area (Å²) >= 11 is 0. The number of ether oxygens (including phenoxy) is 2. The number of hydrogen-bond acceptors (Lipinski definition) is 6. The van der Waals surface area contributed by atoms with Gasteiger partial charge in [0.1, 0.15) is 18.1 Å². The van der Waals surface area contributed by atoms with Gasteiger partial charge in [-0.2, -0.15) is 0 Å². The van der Waals surface area contributed by atoms with Crippen molar-refractivity contribution < 1.29 is 19.4 Å². The van der Waals surface area contributed by atoms with Crippen molar-refractivity contribution in [1.82, 2.24) is 14.5 Å². The van der Waals surface area contributed by atoms with Gasteiger partial charge in [0, 0.05) is 47.0 Å². The Hall–Kier alpha value is -4.65. The van der Waals surface area contributed by atoms with Crippen LogP contribution in [0.3, 0.4) is 0 Å². The minimum absolute atomic E-state index is 0.0402. The van der Waals surface area contributed by atoms with Crippen molar-refractivity contribution in [3.05, 3.63) is 103 Å². The molecule has 0 aliphatic rings. The highest BCUT2D eigenvalue weighted by molar-refractivity contribution is 6.08. The number of nitrogens with zero attached hydrogens (tertiary/aromatic N) is 3. The van der Waals surface area contributed by atoms with E-state index in [1.807, 2.05) is 65.2 Å². The second kappa shape index (κ2) is 9.69. The summed E-state index contributed by atoms with van der Waals surface area (Å²) in [4.78, 5) is 21.5. The number of pyridine rings is 2. The predicted molar refractivity (Wildman–Crippen MR) is 133 cm³/mol. The molecule has 0 amide bonds. The highest BCUT2D eigenvalue weighted by Gasteiger charge is 2.26. The maximum absolute atomic E-state index is 13.2. The molecule has 35 heavy (non-hydrogen) atoms. The van der Waals surface area contributed by atoms with E-state index in [0.29, 0.717) is 28.0 Å². The van der Waals surface area contributed by atoms with Crippen LogP contribution < -0.4 is 4.74 Å². The summed E-state index contributed by atoms with van der Waals surface area (Å²) in [6.45, 7) is 2.09. The Morgan fingerprint density at radius 1 is 0.971 bits per heavy atom. The molecule has 0 atom stereocenters. The van der Waals surface area contributed by atoms with E-state index in [1.54, 1.807) is 37.8 Å². The van der Waals surface area contributed by atoms with E-state index < -0.39 is 5.97 Å². The zero-order valence-electron chi connectivity index (χ0n) is 19.1. The van der Waals surface area contributed by atoms with Crippen molar-refractivity contribution in [2.45, 2.75) is 13.5 Å². The fraction of sp³-hybridized carbons (Fsp3) is 0.107. The summed E-state index contributed by atoms with van der Waals surface area (Å²) in [6, 6.07) is 20.3. The van der Waals surface area contributed by atoms with E-state index >= 15 is 0 Å². The Bertz CT molecular complexity index is 1470. The van der Waals surface area contributed by atoms with Crippen LogP contribution in [-0.2, 0) is 11.3 Å². The van der Waals surface area contributed by atoms with Crippen molar-refractivity contribution >= 4 is 16.9 Å². The lowest BCUT2D eigenvalue weighted by Gasteiger charge is -2.14. The molecule has 7 nitrogen and oxygen atoms in total. The molecule has 0 unspecified atom stereocenters. The van der Waals surface area contributed by atoms with Crippen molar-refractivity contribution in [1.29, 1.82) is 0 Å². The molecular formula is C28H23N3O4. The number of para-hydroxylation sites is 1. The standard InChI is InChI=1S/C28H23N3O4/c1-2-34-28(33)27-23-16-26(32)22(19-7-6-12-30-17-19)15-24(23)31(20-10-13-29-14-11-20)25(27)18-35-21-8-4-3-5-9-21/h3-17,32H,2,18H2,1H3. The Kier molecular flexibility index (Phi) is 6.13. The first-order valence-electron chi connectivity index (χ1n) is 11.2. The fourth-order valence-electron chi connectivity index (χ4n) is 4.15. The number of phenolic OH excluding ortho intramolecular Hbond substituents is 1. The van der Waals surface area contributed by atoms with Crippen LogP contribution >= 0.6 is 0 Å². The molecule has 1 N–H and O–H groups in total. The van der Waals surface area contributed by atoms with E-state index in [0.717, 1.165) is 16.8 Å². The number of aromatic hydroxyl groups is 1. The van der Waals surface area contributed by atoms with Gasteiger partial charge in [0.05, 0.1) is 23.4 Å². The third-order valence-corrected chi connectivity index (χ3v) is 5.67. The molecule has 0 aliphatic carbocycles. The first-order chi connectivity index (χ1) is 17.2. The number of hydrogen-bond donors (Lipinski definition) is 1. The van der Waals surface area contributed by atoms with Crippen LogP contribution in [0.15, 0.2) is 91.5 Å². The van der Waals surface area contributed by atoms with Crippen molar-refractivity contribution in [3.63, 3.8) is 0 Å². The predicted octanol–water partition coefficient (Wildman–Crippen LogP) is 5.55. The molecule has 174 valence electrons. The third-order valence-electron chi connectivity index (χ3n) is 5.67. The molecule has 7 heteroatoms. The van der Waals surface area contributed by atoms with Gasteiger partial charge in [0.2, 0.25) is 0 Å². The number of benzene rings is 2. The molecule has 0 fully saturated rings. The Labute approximate surface area is 202 Å². The molecule has 5 rings (SSSR count). The summed E-state index contributed by atoms with van der Waals surface area (Å²) in [5.41, 5.74) is 3.84. The van der Waals surface area contributed by atoms with Gasteiger partial charge in [-0.1, -0.05) is 24.3 Å². The molecule has 0 bridgehead atoms. The minimum atomic E-state index is -0.481. The van der Waals surface area contributed by atoms with Crippen LogP contribution in [0.25, 0.3) is 27.7 Å². The van der Waals surface area contributed by atoms with Gasteiger partial charge >= 0.3 is 5.97 Å². The van der Waals surface area contributed by atoms with Gasteiger partial charge in [0.15, 0.2) is 0 Å². The monoisotopic (exact) mass is 465 g/mol. The van der Waals surface area contributed by atoms with Crippen LogP contribution in [0.4, 0.5) is 0 Å². The van der Waals surface area contributed by atoms with Crippen molar-refractivity contribution in [2.75, 3.05) is 6.61 Å². The number of carbonyl (C=O) groups excluding carboxylic acids is 1. The largest absolute Gasteiger partial charge is 0.507 e. The van der Waals surface area contributed by atoms with Crippen LogP contribution in [0, 0.1) is 0 Å². The van der Waals surface area contributed by atoms with Crippen molar-refractivity contribution in [3.8, 4) is 28.3 Å². The second-order valence-corrected chi connectivity index (χ2v) is 7.81. The Balaban J connectivity index is 1.78. The summed E-state index contributed by atoms with van der Waals surface area (Å²) in [5.74, 6) is 0.233. The molecule has 0 aliphatic heterocycles. The molecule has 0 saturated carbocycles. The second-order valence-electron chi connectivity index (χ2n) is 7.81. The van der Waals surface area contributed by atoms with Gasteiger partial charge in [-0.15, -0.1) is 0 Å². The molecule has 3 aromatic heterocycles. The molecule has 0 saturated heterocycles. The topological polar surface area (TPSA) is 86.5 Å². The molecule has 0 spiro atoms. The van der Waals surface area contributed by atoms with E-state index in [4.69, 9.17) is 9.47 Å². The van der Waals surface area contributed by atoms with E-state index in [9.17, 15) is 9.90 Å². The van der Waals surface area contributed by atoms with Crippen LogP contribution in [-0.4, -0.2) is 32.2 Å². The number of esters is 1. The fourth-order valence-corrected chi connectivity index (χ4v) is 4.15. The third kappa shape index (κ3) is 4.31. The molecule has 5 aromatic rings. The number of rotatable bonds is 7. The molecule has 0 radical (unpaired) electrons. The summed E-state index contributed by atoms with van der Waals surface area (Å²) in [5, 5.41) is 11.5. The smallest absolute Gasteiger partial charge is 0.340 e. The molecule has 3 heterocycles. The first kappa shape index (κ1) is 22.2. The van der Waals surface area contributed by atoms with E-state index in [1.165, 1.54) is 0 Å². The lowest BCUT2D eigenvalue weighted by molar-refractivity contribution is 0.0525. The molecular weight excluding hydrogens is 442 g/mol. The van der Waals surface area contributed by atoms with E-state index in [-0.39, 0.29) is 19.0 Å². The zero-order valence-corrected chi connectivity index (χ0v) is 19.1. The van der Waals surface area contributed by atoms with E-state index in [2.05, 4.69) is 9.97 Å². The number of aromatic nitrogens is 3. The lowest BCUT2D eigenvalue weighted by atomic mass is 10.0. The minimum Gasteiger partial charge on any atom is -0.507 e. The first-order valence-corrected chi connectivity index (χ1v) is 11.2. The quantitative estimate of drug-likeness (QED) is 0.317. The van der Waals surface area contributed by atoms with Gasteiger partial charge < -0.3 is 19.1 Å². The van der Waals surface area contributed by atoms with Gasteiger partial charge in [-0.05, 0) is 49.4 Å². The normalized spacial score (nSPS) is 10.9. The van der Waals surface area contributed by atoms with Gasteiger partial charge in [-0.3, -0.25) is 9.97 Å². The summed E-state index contributed by atoms with van der Waals surface area (Å²) < 4.78 is 13.5. The molecule has 2 aromatic carbocycles. The SMILES string of the molecule is CCOC(=O)c1c(COc2ccccc2)n(-c2ccncc2)c2cc(-c3cccnc3)c(O)cc12. The van der Waals surface area contributed by atoms with Crippen LogP contribution in [0.5, 0.6) is 11.5 Å². The zero-order chi connectivity index (χ0) is 24.2. The average Bonchev–Trinajstić information content (AvgIpc) is 3.21. The maximum atomic E-state index is 13.2. The number of fused-ring (bicyclic) bond motifs is 1. The summed E-state index contributed by atoms with van der Waals surface area (Å²) in [6.07, 6.45) is 6.74. The number of phenols is 1.